The second-order valence-electron chi connectivity index (χ2n) is 3.48. The van der Waals surface area contributed by atoms with Crippen molar-refractivity contribution in [2.24, 2.45) is 0 Å². The van der Waals surface area contributed by atoms with Gasteiger partial charge in [-0.3, -0.25) is 4.98 Å². The first kappa shape index (κ1) is 12.0. The van der Waals surface area contributed by atoms with E-state index in [4.69, 9.17) is 4.74 Å². The van der Waals surface area contributed by atoms with Gasteiger partial charge < -0.3 is 4.74 Å². The van der Waals surface area contributed by atoms with Crippen molar-refractivity contribution in [1.29, 1.82) is 0 Å². The van der Waals surface area contributed by atoms with Gasteiger partial charge in [0.15, 0.2) is 0 Å². The smallest absolute Gasteiger partial charge is 0.141 e. The summed E-state index contributed by atoms with van der Waals surface area (Å²) >= 11 is 3.39. The quantitative estimate of drug-likeness (QED) is 0.804. The molecule has 0 spiro atoms. The molecule has 2 nitrogen and oxygen atoms in total. The minimum absolute atomic E-state index is 0.259. The molecule has 0 bridgehead atoms. The van der Waals surface area contributed by atoms with Crippen molar-refractivity contribution in [1.82, 2.24) is 4.98 Å². The highest BCUT2D eigenvalue weighted by atomic mass is 79.9. The Labute approximate surface area is 108 Å². The number of alkyl halides is 1. The van der Waals surface area contributed by atoms with Crippen LogP contribution < -0.4 is 4.74 Å². The number of rotatable bonds is 3. The lowest BCUT2D eigenvalue weighted by Crippen LogP contribution is -1.96. The van der Waals surface area contributed by atoms with E-state index in [0.717, 1.165) is 11.1 Å². The molecule has 0 aliphatic rings. The van der Waals surface area contributed by atoms with Crippen LogP contribution in [0.15, 0.2) is 36.7 Å². The van der Waals surface area contributed by atoms with Crippen molar-refractivity contribution in [3.05, 3.63) is 48.0 Å². The molecular weight excluding hydrogens is 285 g/mol. The molecule has 0 saturated carbocycles. The zero-order chi connectivity index (χ0) is 12.3. The Morgan fingerprint density at radius 1 is 1.24 bits per heavy atom. The van der Waals surface area contributed by atoms with Crippen molar-refractivity contribution < 1.29 is 9.13 Å². The van der Waals surface area contributed by atoms with Gasteiger partial charge in [0.2, 0.25) is 0 Å². The number of aromatic nitrogens is 1. The van der Waals surface area contributed by atoms with E-state index in [1.807, 2.05) is 0 Å². The molecule has 0 atom stereocenters. The van der Waals surface area contributed by atoms with Crippen molar-refractivity contribution in [3.8, 4) is 16.9 Å². The molecule has 0 aliphatic heterocycles. The molecule has 1 aromatic carbocycles. The van der Waals surface area contributed by atoms with Gasteiger partial charge in [0.1, 0.15) is 11.6 Å². The van der Waals surface area contributed by atoms with Gasteiger partial charge in [-0.25, -0.2) is 4.39 Å². The summed E-state index contributed by atoms with van der Waals surface area (Å²) < 4.78 is 19.0. The Balaban J connectivity index is 2.63. The molecule has 0 radical (unpaired) electrons. The van der Waals surface area contributed by atoms with Crippen LogP contribution in [-0.2, 0) is 5.33 Å². The average Bonchev–Trinajstić information content (AvgIpc) is 2.38. The van der Waals surface area contributed by atoms with Crippen LogP contribution in [0.1, 0.15) is 5.56 Å². The molecule has 0 fully saturated rings. The predicted molar refractivity (Wildman–Crippen MR) is 68.8 cm³/mol. The van der Waals surface area contributed by atoms with E-state index >= 15 is 0 Å². The summed E-state index contributed by atoms with van der Waals surface area (Å²) in [5.74, 6) is 0.396. The molecular formula is C13H11BrFNO. The molecule has 0 amide bonds. The SMILES string of the molecule is COc1cncc(-c2ccccc2F)c1CBr. The molecule has 0 saturated heterocycles. The lowest BCUT2D eigenvalue weighted by Gasteiger charge is -2.11. The zero-order valence-corrected chi connectivity index (χ0v) is 10.9. The summed E-state index contributed by atoms with van der Waals surface area (Å²) in [6.07, 6.45) is 3.28. The fraction of sp³-hybridized carbons (Fsp3) is 0.154. The molecule has 2 rings (SSSR count). The van der Waals surface area contributed by atoms with E-state index < -0.39 is 0 Å². The fourth-order valence-electron chi connectivity index (χ4n) is 1.69. The fourth-order valence-corrected chi connectivity index (χ4v) is 2.27. The molecule has 0 unspecified atom stereocenters. The van der Waals surface area contributed by atoms with Gasteiger partial charge in [-0.15, -0.1) is 0 Å². The second-order valence-corrected chi connectivity index (χ2v) is 4.04. The van der Waals surface area contributed by atoms with Gasteiger partial charge in [0, 0.05) is 28.2 Å². The summed E-state index contributed by atoms with van der Waals surface area (Å²) in [6, 6.07) is 6.64. The van der Waals surface area contributed by atoms with Crippen molar-refractivity contribution in [2.75, 3.05) is 7.11 Å². The van der Waals surface area contributed by atoms with Crippen molar-refractivity contribution in [3.63, 3.8) is 0 Å². The monoisotopic (exact) mass is 295 g/mol. The minimum Gasteiger partial charge on any atom is -0.495 e. The van der Waals surface area contributed by atoms with Crippen LogP contribution in [0.3, 0.4) is 0 Å². The number of ether oxygens (including phenoxy) is 1. The van der Waals surface area contributed by atoms with E-state index in [9.17, 15) is 4.39 Å². The summed E-state index contributed by atoms with van der Waals surface area (Å²) in [5, 5.41) is 0.586. The Morgan fingerprint density at radius 2 is 2.00 bits per heavy atom. The van der Waals surface area contributed by atoms with Gasteiger partial charge in [-0.05, 0) is 6.07 Å². The van der Waals surface area contributed by atoms with Gasteiger partial charge in [-0.1, -0.05) is 34.1 Å². The van der Waals surface area contributed by atoms with Crippen LogP contribution in [0.25, 0.3) is 11.1 Å². The van der Waals surface area contributed by atoms with Gasteiger partial charge in [0.25, 0.3) is 0 Å². The van der Waals surface area contributed by atoms with Crippen molar-refractivity contribution in [2.45, 2.75) is 5.33 Å². The van der Waals surface area contributed by atoms with Gasteiger partial charge in [-0.2, -0.15) is 0 Å². The highest BCUT2D eigenvalue weighted by Gasteiger charge is 2.13. The molecule has 0 aliphatic carbocycles. The van der Waals surface area contributed by atoms with Crippen LogP contribution in [0.5, 0.6) is 5.75 Å². The summed E-state index contributed by atoms with van der Waals surface area (Å²) in [7, 11) is 1.58. The van der Waals surface area contributed by atoms with Gasteiger partial charge in [0.05, 0.1) is 13.3 Å². The number of benzene rings is 1. The number of methoxy groups -OCH3 is 1. The maximum Gasteiger partial charge on any atom is 0.141 e. The maximum atomic E-state index is 13.7. The first-order valence-electron chi connectivity index (χ1n) is 5.09. The highest BCUT2D eigenvalue weighted by molar-refractivity contribution is 9.08. The molecule has 88 valence electrons. The average molecular weight is 296 g/mol. The van der Waals surface area contributed by atoms with Crippen molar-refractivity contribution >= 4 is 15.9 Å². The van der Waals surface area contributed by atoms with E-state index in [0.29, 0.717) is 16.6 Å². The van der Waals surface area contributed by atoms with E-state index in [2.05, 4.69) is 20.9 Å². The first-order valence-corrected chi connectivity index (χ1v) is 6.21. The predicted octanol–water partition coefficient (Wildman–Crippen LogP) is 3.79. The lowest BCUT2D eigenvalue weighted by molar-refractivity contribution is 0.409. The Morgan fingerprint density at radius 3 is 2.65 bits per heavy atom. The van der Waals surface area contributed by atoms with Crippen LogP contribution in [0, 0.1) is 5.82 Å². The van der Waals surface area contributed by atoms with E-state index in [1.165, 1.54) is 6.07 Å². The third-order valence-corrected chi connectivity index (χ3v) is 3.10. The van der Waals surface area contributed by atoms with Crippen LogP contribution in [0.4, 0.5) is 4.39 Å². The molecule has 17 heavy (non-hydrogen) atoms. The second kappa shape index (κ2) is 5.27. The maximum absolute atomic E-state index is 13.7. The number of hydrogen-bond acceptors (Lipinski definition) is 2. The van der Waals surface area contributed by atoms with Crippen LogP contribution >= 0.6 is 15.9 Å². The molecule has 0 N–H and O–H groups in total. The standard InChI is InChI=1S/C13H11BrFNO/c1-17-13-8-16-7-11(10(13)6-14)9-4-2-3-5-12(9)15/h2-5,7-8H,6H2,1H3. The number of nitrogens with zero attached hydrogens (tertiary/aromatic N) is 1. The molecule has 1 aromatic heterocycles. The largest absolute Gasteiger partial charge is 0.495 e. The Kier molecular flexibility index (Phi) is 3.74. The number of pyridine rings is 1. The molecule has 1 heterocycles. The number of hydrogen-bond donors (Lipinski definition) is 0. The Hall–Kier alpha value is -1.42. The molecule has 2 aromatic rings. The summed E-state index contributed by atoms with van der Waals surface area (Å²) in [5.41, 5.74) is 2.18. The zero-order valence-electron chi connectivity index (χ0n) is 9.28. The summed E-state index contributed by atoms with van der Waals surface area (Å²) in [6.45, 7) is 0. The van der Waals surface area contributed by atoms with Crippen LogP contribution in [-0.4, -0.2) is 12.1 Å². The summed E-state index contributed by atoms with van der Waals surface area (Å²) in [4.78, 5) is 4.07. The van der Waals surface area contributed by atoms with Crippen LogP contribution in [0.2, 0.25) is 0 Å². The molecule has 4 heteroatoms. The number of halogens is 2. The van der Waals surface area contributed by atoms with E-state index in [-0.39, 0.29) is 5.82 Å². The Bertz CT molecular complexity index is 531. The lowest BCUT2D eigenvalue weighted by atomic mass is 10.0. The minimum atomic E-state index is -0.259. The topological polar surface area (TPSA) is 22.1 Å². The highest BCUT2D eigenvalue weighted by Crippen LogP contribution is 2.32. The van der Waals surface area contributed by atoms with Gasteiger partial charge >= 0.3 is 0 Å². The van der Waals surface area contributed by atoms with E-state index in [1.54, 1.807) is 37.7 Å². The third kappa shape index (κ3) is 2.31. The normalized spacial score (nSPS) is 10.3. The third-order valence-electron chi connectivity index (χ3n) is 2.54. The first-order chi connectivity index (χ1) is 8.27.